The molecule has 0 aliphatic heterocycles. The van der Waals surface area contributed by atoms with E-state index in [4.69, 9.17) is 38.5 Å². The zero-order valence-electron chi connectivity index (χ0n) is 29.5. The van der Waals surface area contributed by atoms with Crippen molar-refractivity contribution in [2.24, 2.45) is 11.8 Å². The Morgan fingerprint density at radius 3 is 1.71 bits per heavy atom. The largest absolute Gasteiger partial charge is 0.463 e. The second-order valence-corrected chi connectivity index (χ2v) is 13.7. The Morgan fingerprint density at radius 2 is 1.10 bits per heavy atom. The Balaban J connectivity index is 1.10. The summed E-state index contributed by atoms with van der Waals surface area (Å²) in [6.45, 7) is 10.7. The number of rotatable bonds is 26. The number of esters is 2. The van der Waals surface area contributed by atoms with E-state index >= 15 is 0 Å². The molecule has 276 valence electrons. The van der Waals surface area contributed by atoms with Crippen LogP contribution in [0.15, 0.2) is 25.3 Å². The van der Waals surface area contributed by atoms with Crippen LogP contribution in [-0.2, 0) is 48.1 Å². The highest BCUT2D eigenvalue weighted by molar-refractivity contribution is 5.81. The van der Waals surface area contributed by atoms with E-state index in [0.717, 1.165) is 142 Å². The van der Waals surface area contributed by atoms with Crippen LogP contribution in [0.5, 0.6) is 0 Å². The summed E-state index contributed by atoms with van der Waals surface area (Å²) in [5.74, 6) is 0.110. The van der Waals surface area contributed by atoms with Gasteiger partial charge < -0.3 is 18.9 Å². The highest BCUT2D eigenvalue weighted by atomic mass is 17.2. The first kappa shape index (κ1) is 40.6. The van der Waals surface area contributed by atoms with Crippen molar-refractivity contribution in [1.82, 2.24) is 0 Å². The van der Waals surface area contributed by atoms with Crippen LogP contribution in [0.2, 0.25) is 0 Å². The molecule has 0 bridgehead atoms. The Bertz CT molecular complexity index is 858. The highest BCUT2D eigenvalue weighted by Crippen LogP contribution is 2.31. The van der Waals surface area contributed by atoms with E-state index in [1.807, 2.05) is 0 Å². The number of carbonyl (C=O) groups is 2. The van der Waals surface area contributed by atoms with Gasteiger partial charge >= 0.3 is 11.9 Å². The summed E-state index contributed by atoms with van der Waals surface area (Å²) in [7, 11) is 0. The summed E-state index contributed by atoms with van der Waals surface area (Å²) in [5.41, 5.74) is 0. The van der Waals surface area contributed by atoms with Gasteiger partial charge in [0, 0.05) is 19.3 Å². The number of hydrogen-bond donors (Lipinski definition) is 0. The molecular formula is C38H64O10. The number of carbonyl (C=O) groups excluding carboxylic acids is 2. The molecule has 0 aromatic carbocycles. The monoisotopic (exact) mass is 680 g/mol. The molecule has 0 heterocycles. The predicted molar refractivity (Wildman–Crippen MR) is 183 cm³/mol. The fourth-order valence-electron chi connectivity index (χ4n) is 6.73. The molecule has 0 unspecified atom stereocenters. The Kier molecular flexibility index (Phi) is 22.0. The molecule has 10 heteroatoms. The average Bonchev–Trinajstić information content (AvgIpc) is 3.11. The lowest BCUT2D eigenvalue weighted by molar-refractivity contribution is -0.336. The minimum absolute atomic E-state index is 0.0141. The maximum Gasteiger partial charge on any atom is 0.330 e. The van der Waals surface area contributed by atoms with E-state index in [1.54, 1.807) is 6.08 Å². The van der Waals surface area contributed by atoms with Gasteiger partial charge in [-0.2, -0.15) is 0 Å². The molecular weight excluding hydrogens is 616 g/mol. The SMILES string of the molecule is C=CCOOCCCCCCOC1CCC(COOC2CCC(OC(=O)C3CCC(OCCCCCCOC(=O)C=C)CC3)CC2)CC1. The zero-order valence-corrected chi connectivity index (χ0v) is 29.5. The standard InChI is InChI=1S/C38H64O10/c1-3-25-44-45-29-12-8-7-10-26-41-33-17-13-31(14-18-33)30-46-48-36-23-21-35(22-24-36)47-38(40)32-15-19-34(20-16-32)42-27-9-5-6-11-28-43-37(39)4-2/h3-4,31-36H,1-2,5-30H2. The van der Waals surface area contributed by atoms with Crippen LogP contribution < -0.4 is 0 Å². The van der Waals surface area contributed by atoms with Gasteiger partial charge in [-0.05, 0) is 115 Å². The van der Waals surface area contributed by atoms with Crippen molar-refractivity contribution in [3.63, 3.8) is 0 Å². The maximum atomic E-state index is 12.8. The fourth-order valence-corrected chi connectivity index (χ4v) is 6.73. The van der Waals surface area contributed by atoms with Crippen molar-refractivity contribution >= 4 is 11.9 Å². The van der Waals surface area contributed by atoms with E-state index in [-0.39, 0.29) is 36.2 Å². The van der Waals surface area contributed by atoms with Crippen molar-refractivity contribution in [1.29, 1.82) is 0 Å². The number of hydrogen-bond acceptors (Lipinski definition) is 10. The molecule has 3 fully saturated rings. The first-order chi connectivity index (χ1) is 23.6. The summed E-state index contributed by atoms with van der Waals surface area (Å²) < 4.78 is 23.1. The number of ether oxygens (including phenoxy) is 4. The van der Waals surface area contributed by atoms with E-state index in [0.29, 0.717) is 38.4 Å². The van der Waals surface area contributed by atoms with Crippen molar-refractivity contribution in [2.45, 2.75) is 153 Å². The molecule has 0 aromatic rings. The molecule has 3 rings (SSSR count). The van der Waals surface area contributed by atoms with Crippen LogP contribution in [0.25, 0.3) is 0 Å². The van der Waals surface area contributed by atoms with E-state index in [1.165, 1.54) is 6.08 Å². The Morgan fingerprint density at radius 1 is 0.562 bits per heavy atom. The first-order valence-electron chi connectivity index (χ1n) is 18.9. The van der Waals surface area contributed by atoms with Crippen molar-refractivity contribution in [3.8, 4) is 0 Å². The second kappa shape index (κ2) is 26.1. The third-order valence-electron chi connectivity index (χ3n) is 9.76. The van der Waals surface area contributed by atoms with Crippen LogP contribution in [-0.4, -0.2) is 76.0 Å². The van der Waals surface area contributed by atoms with Gasteiger partial charge in [0.15, 0.2) is 0 Å². The van der Waals surface area contributed by atoms with Crippen LogP contribution in [0, 0.1) is 11.8 Å². The van der Waals surface area contributed by atoms with Gasteiger partial charge in [-0.25, -0.2) is 24.3 Å². The topological polar surface area (TPSA) is 108 Å². The molecule has 10 nitrogen and oxygen atoms in total. The normalized spacial score (nSPS) is 26.1. The molecule has 0 amide bonds. The summed E-state index contributed by atoms with van der Waals surface area (Å²) in [4.78, 5) is 45.3. The first-order valence-corrected chi connectivity index (χ1v) is 18.9. The lowest BCUT2D eigenvalue weighted by Crippen LogP contribution is -2.33. The summed E-state index contributed by atoms with van der Waals surface area (Å²) >= 11 is 0. The zero-order chi connectivity index (χ0) is 34.1. The molecule has 0 aromatic heterocycles. The van der Waals surface area contributed by atoms with Gasteiger partial charge in [-0.3, -0.25) is 4.79 Å². The van der Waals surface area contributed by atoms with Crippen LogP contribution in [0.4, 0.5) is 0 Å². The van der Waals surface area contributed by atoms with Crippen LogP contribution in [0.1, 0.15) is 128 Å². The van der Waals surface area contributed by atoms with Crippen molar-refractivity contribution < 1.29 is 48.1 Å². The van der Waals surface area contributed by atoms with Crippen LogP contribution >= 0.6 is 0 Å². The summed E-state index contributed by atoms with van der Waals surface area (Å²) in [5, 5.41) is 0. The van der Waals surface area contributed by atoms with Gasteiger partial charge in [-0.15, -0.1) is 6.58 Å². The smallest absolute Gasteiger partial charge is 0.330 e. The van der Waals surface area contributed by atoms with E-state index in [9.17, 15) is 9.59 Å². The van der Waals surface area contributed by atoms with Gasteiger partial charge in [-0.1, -0.05) is 31.9 Å². The van der Waals surface area contributed by atoms with Gasteiger partial charge in [0.1, 0.15) is 12.7 Å². The second-order valence-electron chi connectivity index (χ2n) is 13.7. The minimum atomic E-state index is -0.362. The van der Waals surface area contributed by atoms with Crippen molar-refractivity contribution in [3.05, 3.63) is 25.3 Å². The fraction of sp³-hybridized carbons (Fsp3) is 0.842. The quantitative estimate of drug-likeness (QED) is 0.0223. The third-order valence-corrected chi connectivity index (χ3v) is 9.76. The minimum Gasteiger partial charge on any atom is -0.463 e. The predicted octanol–water partition coefficient (Wildman–Crippen LogP) is 7.92. The Labute approximate surface area is 289 Å². The molecule has 0 N–H and O–H groups in total. The molecule has 3 aliphatic carbocycles. The molecule has 3 aliphatic rings. The molecule has 0 radical (unpaired) electrons. The van der Waals surface area contributed by atoms with E-state index < -0.39 is 0 Å². The lowest BCUT2D eigenvalue weighted by atomic mass is 9.87. The van der Waals surface area contributed by atoms with Crippen molar-refractivity contribution in [2.75, 3.05) is 39.6 Å². The number of unbranched alkanes of at least 4 members (excludes halogenated alkanes) is 6. The molecule has 0 saturated heterocycles. The third kappa shape index (κ3) is 18.3. The summed E-state index contributed by atoms with van der Waals surface area (Å²) in [6, 6.07) is 0. The summed E-state index contributed by atoms with van der Waals surface area (Å²) in [6.07, 6.45) is 23.1. The molecule has 0 atom stereocenters. The molecule has 48 heavy (non-hydrogen) atoms. The maximum absolute atomic E-state index is 12.8. The van der Waals surface area contributed by atoms with Gasteiger partial charge in [0.2, 0.25) is 0 Å². The molecule has 0 spiro atoms. The van der Waals surface area contributed by atoms with E-state index in [2.05, 4.69) is 13.2 Å². The average molecular weight is 681 g/mol. The molecule has 3 saturated carbocycles. The highest BCUT2D eigenvalue weighted by Gasteiger charge is 2.31. The van der Waals surface area contributed by atoms with Gasteiger partial charge in [0.25, 0.3) is 0 Å². The Hall–Kier alpha value is -1.82. The van der Waals surface area contributed by atoms with Gasteiger partial charge in [0.05, 0.1) is 44.1 Å². The lowest BCUT2D eigenvalue weighted by Gasteiger charge is -2.31. The van der Waals surface area contributed by atoms with Crippen LogP contribution in [0.3, 0.4) is 0 Å².